The Labute approximate surface area is 180 Å². The number of carboxylic acids is 1. The summed E-state index contributed by atoms with van der Waals surface area (Å²) >= 11 is 0. The molecule has 0 bridgehead atoms. The second kappa shape index (κ2) is 9.01. The Morgan fingerprint density at radius 1 is 1.00 bits per heavy atom. The molecule has 1 saturated heterocycles. The molecule has 1 N–H and O–H groups in total. The van der Waals surface area contributed by atoms with E-state index < -0.39 is 5.97 Å². The van der Waals surface area contributed by atoms with Gasteiger partial charge in [-0.05, 0) is 23.3 Å². The van der Waals surface area contributed by atoms with Gasteiger partial charge in [0.25, 0.3) is 0 Å². The number of aromatic nitrogens is 2. The number of ether oxygens (including phenoxy) is 1. The number of benzene rings is 2. The normalized spacial score (nSPS) is 14.4. The van der Waals surface area contributed by atoms with Crippen molar-refractivity contribution >= 4 is 12.0 Å². The zero-order valence-electron chi connectivity index (χ0n) is 17.3. The molecule has 0 radical (unpaired) electrons. The first-order valence-corrected chi connectivity index (χ1v) is 10.1. The Balaban J connectivity index is 1.38. The van der Waals surface area contributed by atoms with Crippen LogP contribution in [0.4, 0.5) is 4.79 Å². The predicted octanol–water partition coefficient (Wildman–Crippen LogP) is 3.04. The van der Waals surface area contributed by atoms with Crippen molar-refractivity contribution in [2.45, 2.75) is 6.54 Å². The number of methoxy groups -OCH3 is 1. The molecule has 160 valence electrons. The van der Waals surface area contributed by atoms with Crippen molar-refractivity contribution in [1.29, 1.82) is 0 Å². The van der Waals surface area contributed by atoms with Crippen LogP contribution >= 0.6 is 0 Å². The molecule has 1 amide bonds. The standard InChI is InChI=1S/C23H24N4O4/c1-31-21-15-18(17-5-3-2-4-6-17)7-8-19(21)16-25-11-13-26(14-12-25)23(30)27-10-9-20(24-27)22(28)29/h2-10,15H,11-14,16H2,1H3,(H,28,29). The summed E-state index contributed by atoms with van der Waals surface area (Å²) in [5, 5.41) is 12.8. The van der Waals surface area contributed by atoms with Crippen molar-refractivity contribution in [3.8, 4) is 16.9 Å². The van der Waals surface area contributed by atoms with Crippen molar-refractivity contribution in [3.63, 3.8) is 0 Å². The van der Waals surface area contributed by atoms with Crippen LogP contribution in [-0.2, 0) is 6.54 Å². The lowest BCUT2D eigenvalue weighted by Crippen LogP contribution is -2.49. The summed E-state index contributed by atoms with van der Waals surface area (Å²) < 4.78 is 6.72. The number of carboxylic acid groups (broad SMARTS) is 1. The van der Waals surface area contributed by atoms with E-state index in [1.165, 1.54) is 12.3 Å². The zero-order chi connectivity index (χ0) is 21.8. The summed E-state index contributed by atoms with van der Waals surface area (Å²) in [7, 11) is 1.68. The van der Waals surface area contributed by atoms with E-state index in [0.717, 1.165) is 33.7 Å². The summed E-state index contributed by atoms with van der Waals surface area (Å²) in [5.41, 5.74) is 3.21. The largest absolute Gasteiger partial charge is 0.496 e. The van der Waals surface area contributed by atoms with Crippen LogP contribution in [0.25, 0.3) is 11.1 Å². The van der Waals surface area contributed by atoms with Crippen molar-refractivity contribution in [2.75, 3.05) is 33.3 Å². The Kier molecular flexibility index (Phi) is 5.99. The van der Waals surface area contributed by atoms with Crippen molar-refractivity contribution < 1.29 is 19.4 Å². The van der Waals surface area contributed by atoms with Crippen LogP contribution in [-0.4, -0.2) is 70.0 Å². The minimum absolute atomic E-state index is 0.141. The third-order valence-corrected chi connectivity index (χ3v) is 5.44. The summed E-state index contributed by atoms with van der Waals surface area (Å²) in [6, 6.07) is 17.4. The predicted molar refractivity (Wildman–Crippen MR) is 115 cm³/mol. The SMILES string of the molecule is COc1cc(-c2ccccc2)ccc1CN1CCN(C(=O)n2ccc(C(=O)O)n2)CC1. The fourth-order valence-electron chi connectivity index (χ4n) is 3.71. The molecular formula is C23H24N4O4. The van der Waals surface area contributed by atoms with Gasteiger partial charge in [0, 0.05) is 44.5 Å². The average Bonchev–Trinajstić information content (AvgIpc) is 3.31. The first-order chi connectivity index (χ1) is 15.0. The number of piperazine rings is 1. The number of hydrogen-bond acceptors (Lipinski definition) is 5. The summed E-state index contributed by atoms with van der Waals surface area (Å²) in [6.45, 7) is 3.24. The molecule has 31 heavy (non-hydrogen) atoms. The maximum atomic E-state index is 12.6. The third kappa shape index (κ3) is 4.59. The van der Waals surface area contributed by atoms with Gasteiger partial charge in [0.1, 0.15) is 5.75 Å². The maximum Gasteiger partial charge on any atom is 0.356 e. The van der Waals surface area contributed by atoms with Crippen molar-refractivity contribution in [3.05, 3.63) is 72.1 Å². The van der Waals surface area contributed by atoms with Crippen LogP contribution in [0.15, 0.2) is 60.8 Å². The first kappa shape index (κ1) is 20.6. The van der Waals surface area contributed by atoms with Gasteiger partial charge in [-0.15, -0.1) is 0 Å². The molecule has 0 spiro atoms. The van der Waals surface area contributed by atoms with Crippen LogP contribution < -0.4 is 4.74 Å². The van der Waals surface area contributed by atoms with E-state index in [4.69, 9.17) is 9.84 Å². The number of aromatic carboxylic acids is 1. The average molecular weight is 420 g/mol. The molecule has 0 atom stereocenters. The highest BCUT2D eigenvalue weighted by molar-refractivity contribution is 5.86. The van der Waals surface area contributed by atoms with Crippen LogP contribution in [0.1, 0.15) is 16.1 Å². The summed E-state index contributed by atoms with van der Waals surface area (Å²) in [5.74, 6) is -0.304. The van der Waals surface area contributed by atoms with E-state index in [-0.39, 0.29) is 11.7 Å². The van der Waals surface area contributed by atoms with E-state index in [0.29, 0.717) is 26.2 Å². The van der Waals surface area contributed by atoms with Crippen LogP contribution in [0.5, 0.6) is 5.75 Å². The van der Waals surface area contributed by atoms with Gasteiger partial charge in [0.05, 0.1) is 7.11 Å². The molecule has 8 nitrogen and oxygen atoms in total. The quantitative estimate of drug-likeness (QED) is 0.683. The smallest absolute Gasteiger partial charge is 0.356 e. The van der Waals surface area contributed by atoms with E-state index in [9.17, 15) is 9.59 Å². The van der Waals surface area contributed by atoms with Crippen LogP contribution in [0, 0.1) is 0 Å². The molecule has 1 aromatic heterocycles. The fourth-order valence-corrected chi connectivity index (χ4v) is 3.71. The molecule has 2 heterocycles. The molecule has 3 aromatic rings. The molecule has 0 unspecified atom stereocenters. The monoisotopic (exact) mass is 420 g/mol. The second-order valence-electron chi connectivity index (χ2n) is 7.39. The molecule has 4 rings (SSSR count). The van der Waals surface area contributed by atoms with E-state index in [1.54, 1.807) is 12.0 Å². The number of rotatable bonds is 5. The number of nitrogens with zero attached hydrogens (tertiary/aromatic N) is 4. The van der Waals surface area contributed by atoms with Gasteiger partial charge in [0.15, 0.2) is 5.69 Å². The topological polar surface area (TPSA) is 87.9 Å². The third-order valence-electron chi connectivity index (χ3n) is 5.44. The summed E-state index contributed by atoms with van der Waals surface area (Å²) in [4.78, 5) is 27.5. The van der Waals surface area contributed by atoms with Gasteiger partial charge in [0.2, 0.25) is 0 Å². The Hall–Kier alpha value is -3.65. The van der Waals surface area contributed by atoms with Gasteiger partial charge in [-0.25, -0.2) is 9.59 Å². The molecule has 8 heteroatoms. The van der Waals surface area contributed by atoms with Crippen molar-refractivity contribution in [1.82, 2.24) is 19.6 Å². The zero-order valence-corrected chi connectivity index (χ0v) is 17.3. The van der Waals surface area contributed by atoms with E-state index in [1.807, 2.05) is 18.2 Å². The second-order valence-corrected chi connectivity index (χ2v) is 7.39. The van der Waals surface area contributed by atoms with Gasteiger partial charge in [-0.2, -0.15) is 9.78 Å². The molecule has 0 aliphatic carbocycles. The number of hydrogen-bond donors (Lipinski definition) is 1. The highest BCUT2D eigenvalue weighted by Crippen LogP contribution is 2.28. The molecule has 1 aliphatic heterocycles. The van der Waals surface area contributed by atoms with Gasteiger partial charge in [-0.1, -0.05) is 42.5 Å². The van der Waals surface area contributed by atoms with Gasteiger partial charge < -0.3 is 14.7 Å². The minimum atomic E-state index is -1.15. The lowest BCUT2D eigenvalue weighted by atomic mass is 10.0. The van der Waals surface area contributed by atoms with E-state index in [2.05, 4.69) is 40.3 Å². The highest BCUT2D eigenvalue weighted by atomic mass is 16.5. The molecule has 2 aromatic carbocycles. The fraction of sp³-hybridized carbons (Fsp3) is 0.261. The van der Waals surface area contributed by atoms with Crippen LogP contribution in [0.3, 0.4) is 0 Å². The molecular weight excluding hydrogens is 396 g/mol. The Morgan fingerprint density at radius 2 is 1.74 bits per heavy atom. The van der Waals surface area contributed by atoms with Crippen molar-refractivity contribution in [2.24, 2.45) is 0 Å². The van der Waals surface area contributed by atoms with Gasteiger partial charge in [-0.3, -0.25) is 4.90 Å². The number of carbonyl (C=O) groups is 2. The first-order valence-electron chi connectivity index (χ1n) is 10.1. The van der Waals surface area contributed by atoms with Crippen LogP contribution in [0.2, 0.25) is 0 Å². The van der Waals surface area contributed by atoms with Gasteiger partial charge >= 0.3 is 12.0 Å². The Morgan fingerprint density at radius 3 is 2.39 bits per heavy atom. The number of carbonyl (C=O) groups excluding carboxylic acids is 1. The molecule has 0 saturated carbocycles. The molecule has 1 fully saturated rings. The lowest BCUT2D eigenvalue weighted by molar-refractivity contribution is 0.0689. The number of amides is 1. The highest BCUT2D eigenvalue weighted by Gasteiger charge is 2.24. The van der Waals surface area contributed by atoms with E-state index >= 15 is 0 Å². The maximum absolute atomic E-state index is 12.6. The molecule has 1 aliphatic rings. The summed E-state index contributed by atoms with van der Waals surface area (Å²) in [6.07, 6.45) is 1.39. The lowest BCUT2D eigenvalue weighted by Gasteiger charge is -2.34. The Bertz CT molecular complexity index is 1070. The minimum Gasteiger partial charge on any atom is -0.496 e.